The molecule has 0 radical (unpaired) electrons. The molecule has 14 rings (SSSR count). The van der Waals surface area contributed by atoms with Gasteiger partial charge in [0.15, 0.2) is 55.9 Å². The fraction of sp³-hybridized carbons (Fsp3) is 0.535. The molecule has 7 aliphatic rings. The second kappa shape index (κ2) is 48.9. The Labute approximate surface area is 751 Å². The van der Waals surface area contributed by atoms with Gasteiger partial charge < -0.3 is 99.8 Å². The Bertz CT molecular complexity index is 4380. The Kier molecular flexibility index (Phi) is 36.7. The van der Waals surface area contributed by atoms with Crippen molar-refractivity contribution in [3.05, 3.63) is 263 Å². The second-order valence-electron chi connectivity index (χ2n) is 33.7. The van der Waals surface area contributed by atoms with Gasteiger partial charge in [-0.1, -0.05) is 278 Å². The fourth-order valence-electron chi connectivity index (χ4n) is 16.7. The minimum absolute atomic E-state index is 0.0114. The molecule has 0 spiro atoms. The molecule has 6 saturated heterocycles. The van der Waals surface area contributed by atoms with E-state index in [1.54, 1.807) is 13.8 Å². The zero-order chi connectivity index (χ0) is 88.1. The number of hydrogen-bond acceptors (Lipinski definition) is 25. The van der Waals surface area contributed by atoms with E-state index < -0.39 is 183 Å². The van der Waals surface area contributed by atoms with Crippen molar-refractivity contribution in [1.82, 2.24) is 0 Å². The fourth-order valence-corrected chi connectivity index (χ4v) is 16.9. The molecule has 7 aliphatic heterocycles. The summed E-state index contributed by atoms with van der Waals surface area (Å²) in [5, 5.41) is 13.8. The van der Waals surface area contributed by atoms with Gasteiger partial charge in [-0.25, -0.2) is 0 Å². The van der Waals surface area contributed by atoms with Gasteiger partial charge in [0.2, 0.25) is 0 Å². The maximum atomic E-state index is 15.0. The Hall–Kier alpha value is -7.78. The van der Waals surface area contributed by atoms with Crippen LogP contribution in [0.15, 0.2) is 224 Å². The lowest BCUT2D eigenvalue weighted by Gasteiger charge is -2.51. The Morgan fingerprint density at radius 2 is 0.906 bits per heavy atom. The second-order valence-corrected chi connectivity index (χ2v) is 34.0. The summed E-state index contributed by atoms with van der Waals surface area (Å²) in [6.07, 6.45) is -15.4. The molecule has 0 aromatic heterocycles. The van der Waals surface area contributed by atoms with Gasteiger partial charge in [0.1, 0.15) is 79.1 Å². The van der Waals surface area contributed by atoms with Crippen LogP contribution in [-0.4, -0.2) is 190 Å². The van der Waals surface area contributed by atoms with Crippen molar-refractivity contribution in [3.63, 3.8) is 0 Å². The molecule has 686 valence electrons. The van der Waals surface area contributed by atoms with Crippen molar-refractivity contribution in [2.75, 3.05) is 32.3 Å². The van der Waals surface area contributed by atoms with Gasteiger partial charge in [0, 0.05) is 12.0 Å². The largest absolute Gasteiger partial charge is 0.455 e. The van der Waals surface area contributed by atoms with Gasteiger partial charge in [-0.3, -0.25) is 19.1 Å². The molecular formula is C101H125ClO25. The number of carbonyl (C=O) groups excluding carboxylic acids is 3. The van der Waals surface area contributed by atoms with Crippen LogP contribution in [0.5, 0.6) is 0 Å². The first-order valence-electron chi connectivity index (χ1n) is 45.5. The molecule has 0 aliphatic carbocycles. The lowest BCUT2D eigenvalue weighted by atomic mass is 9.95. The number of allylic oxidation sites excluding steroid dienone is 2. The van der Waals surface area contributed by atoms with E-state index in [9.17, 15) is 19.5 Å². The number of ether oxygens (including phenoxy) is 21. The van der Waals surface area contributed by atoms with E-state index in [4.69, 9.17) is 111 Å². The first-order chi connectivity index (χ1) is 62.2. The molecule has 0 unspecified atom stereocenters. The van der Waals surface area contributed by atoms with Crippen LogP contribution in [0.25, 0.3) is 0 Å². The molecule has 25 nitrogen and oxygen atoms in total. The summed E-state index contributed by atoms with van der Waals surface area (Å²) in [6.45, 7) is 9.43. The van der Waals surface area contributed by atoms with Crippen LogP contribution >= 0.6 is 11.6 Å². The van der Waals surface area contributed by atoms with E-state index in [0.29, 0.717) is 56.9 Å². The third kappa shape index (κ3) is 26.6. The van der Waals surface area contributed by atoms with E-state index in [1.165, 1.54) is 0 Å². The van der Waals surface area contributed by atoms with E-state index in [2.05, 4.69) is 19.1 Å². The molecule has 7 aromatic carbocycles. The van der Waals surface area contributed by atoms with Crippen molar-refractivity contribution in [3.8, 4) is 0 Å². The average Bonchev–Trinajstić information content (AvgIpc) is 1.71. The van der Waals surface area contributed by atoms with E-state index >= 15 is 0 Å². The number of unbranched alkanes of at least 4 members (excludes halogenated alkanes) is 2. The lowest BCUT2D eigenvalue weighted by molar-refractivity contribution is -0.431. The number of halogens is 1. The van der Waals surface area contributed by atoms with Crippen LogP contribution in [0.1, 0.15) is 163 Å². The SMILES string of the molecule is CCCCC[C@H]1CCC/C=C/CCCCC(=O)O[C@H]2[C@H](OC[C@H]3O[C@@H]4O[C@@](CCl)(O[C@@H]5[C@@H](O)[C@H](O[C@H]6[C@H](O1)O[C@H](COCc1ccccc1)[C@@H](OCc1ccccc1)[C@@H]6OCc1ccccc1)O[C@@H]1CO[C@@H](c6ccccc6)O[C@@H]51)O[C@@H]4[C@@H](OC(=O)[C@@H](C)CC)[C@@H]3OC(=O)[C@@H](C)CC)O[C@H](COCc1ccccc1)[C@@H](OCc1ccccc1)[C@@H]2OCc1ccccc1. The van der Waals surface area contributed by atoms with Crippen molar-refractivity contribution in [2.24, 2.45) is 11.8 Å². The third-order valence-electron chi connectivity index (χ3n) is 24.2. The topological polar surface area (TPSA) is 265 Å². The highest BCUT2D eigenvalue weighted by Crippen LogP contribution is 2.47. The van der Waals surface area contributed by atoms with Gasteiger partial charge in [-0.05, 0) is 91.2 Å². The maximum absolute atomic E-state index is 15.0. The predicted molar refractivity (Wildman–Crippen MR) is 467 cm³/mol. The Balaban J connectivity index is 0.864. The number of fused-ring (bicyclic) bond motifs is 8. The molecule has 25 atom stereocenters. The first-order valence-corrected chi connectivity index (χ1v) is 46.0. The highest BCUT2D eigenvalue weighted by Gasteiger charge is 2.65. The number of benzene rings is 7. The lowest BCUT2D eigenvalue weighted by Crippen LogP contribution is -2.68. The Morgan fingerprint density at radius 1 is 0.441 bits per heavy atom. The minimum Gasteiger partial charge on any atom is -0.455 e. The van der Waals surface area contributed by atoms with Gasteiger partial charge >= 0.3 is 23.9 Å². The summed E-state index contributed by atoms with van der Waals surface area (Å²) in [5.41, 5.74) is 5.92. The highest BCUT2D eigenvalue weighted by molar-refractivity contribution is 6.18. The molecule has 0 amide bonds. The highest BCUT2D eigenvalue weighted by atomic mass is 35.5. The normalized spacial score (nSPS) is 31.8. The maximum Gasteiger partial charge on any atom is 0.309 e. The zero-order valence-electron chi connectivity index (χ0n) is 73.3. The number of rotatable bonds is 32. The number of alkyl halides is 1. The third-order valence-corrected chi connectivity index (χ3v) is 24.5. The summed E-state index contributed by atoms with van der Waals surface area (Å²) >= 11 is 7.33. The van der Waals surface area contributed by atoms with Crippen LogP contribution < -0.4 is 0 Å². The van der Waals surface area contributed by atoms with Crippen LogP contribution in [-0.2, 0) is 153 Å². The molecule has 1 N–H and O–H groups in total. The molecule has 7 heterocycles. The van der Waals surface area contributed by atoms with Gasteiger partial charge in [-0.2, -0.15) is 0 Å². The van der Waals surface area contributed by atoms with Gasteiger partial charge in [0.05, 0.1) is 84.0 Å². The van der Waals surface area contributed by atoms with E-state index in [-0.39, 0.29) is 65.9 Å². The van der Waals surface area contributed by atoms with Crippen molar-refractivity contribution >= 4 is 29.5 Å². The number of esters is 3. The quantitative estimate of drug-likeness (QED) is 0.0135. The molecular weight excluding hydrogens is 1650 g/mol. The smallest absolute Gasteiger partial charge is 0.309 e. The van der Waals surface area contributed by atoms with Crippen molar-refractivity contribution in [1.29, 1.82) is 0 Å². The minimum atomic E-state index is -2.45. The van der Waals surface area contributed by atoms with Gasteiger partial charge in [0.25, 0.3) is 0 Å². The summed E-state index contributed by atoms with van der Waals surface area (Å²) in [6, 6.07) is 67.8. The monoisotopic (exact) mass is 1770 g/mol. The van der Waals surface area contributed by atoms with Crippen molar-refractivity contribution in [2.45, 2.75) is 299 Å². The standard InChI is InChI=1S/C101H125ClO25/c1-6-9-22-53-76-54-37-13-11-10-12-14-38-55-81(103)120-91-88(111-60-73-47-31-19-32-48-73)83(109-58-71-43-27-17-28-44-71)77(62-107-56-69-39-23-15-24-40-69)117-98(91)114-65-80-86(121-94(105)67(4)7-2)90(122-95(106)68(5)8-3)93-100(119-80)127-101(66-102,126-93)125-87-82(104)97(116-79-64-113-96(123-85(79)87)75-51-35-21-36-52-75)124-92-89(112-61-74-49-33-20-34-50-74)84(110-59-72-45-29-18-30-46-72)78(118-99(92)115-76)63-108-57-70-41-25-16-26-42-70/h10-11,15-21,23-36,39-52,67-68,76-80,82-93,96-100,104H,6-9,12-14,22,37-38,53-66H2,1-5H3/b11-10+/t67-,68-,76-,77+,78+,79+,80+,82+,83+,84+,85+,86+,87+,88-,89-,90-,91+,92+,93+,96+,97-,98+,99+,100+,101-/m0/s1. The molecule has 127 heavy (non-hydrogen) atoms. The first kappa shape index (κ1) is 95.3. The average molecular weight is 1770 g/mol. The van der Waals surface area contributed by atoms with Crippen LogP contribution in [0, 0.1) is 11.8 Å². The number of carbonyl (C=O) groups is 3. The number of aliphatic hydroxyl groups excluding tert-OH is 1. The summed E-state index contributed by atoms with van der Waals surface area (Å²) in [7, 11) is 0. The number of hydrogen-bond donors (Lipinski definition) is 1. The van der Waals surface area contributed by atoms with E-state index in [1.807, 2.05) is 226 Å². The molecule has 0 saturated carbocycles. The Morgan fingerprint density at radius 3 is 1.43 bits per heavy atom. The molecule has 7 aromatic rings. The van der Waals surface area contributed by atoms with Crippen LogP contribution in [0.3, 0.4) is 0 Å². The zero-order valence-corrected chi connectivity index (χ0v) is 74.1. The predicted octanol–water partition coefficient (Wildman–Crippen LogP) is 16.3. The van der Waals surface area contributed by atoms with Crippen LogP contribution in [0.4, 0.5) is 0 Å². The molecule has 6 fully saturated rings. The van der Waals surface area contributed by atoms with E-state index in [0.717, 1.165) is 59.1 Å². The van der Waals surface area contributed by atoms with Gasteiger partial charge in [-0.15, -0.1) is 11.6 Å². The number of aliphatic hydroxyl groups is 1. The molecule has 5 bridgehead atoms. The summed E-state index contributed by atoms with van der Waals surface area (Å²) in [5.74, 6) is -6.37. The molecule has 26 heteroatoms. The van der Waals surface area contributed by atoms with Crippen molar-refractivity contribution < 1.29 is 119 Å². The summed E-state index contributed by atoms with van der Waals surface area (Å²) < 4.78 is 147. The summed E-state index contributed by atoms with van der Waals surface area (Å²) in [4.78, 5) is 44.6. The van der Waals surface area contributed by atoms with Crippen LogP contribution in [0.2, 0.25) is 0 Å².